The Bertz CT molecular complexity index is 437. The number of benzene rings is 1. The molecule has 0 aliphatic heterocycles. The van der Waals surface area contributed by atoms with Crippen molar-refractivity contribution in [2.24, 2.45) is 0 Å². The molecule has 1 aromatic rings. The van der Waals surface area contributed by atoms with Crippen LogP contribution in [0.15, 0.2) is 12.1 Å². The smallest absolute Gasteiger partial charge is 0.416 e. The van der Waals surface area contributed by atoms with Gasteiger partial charge < -0.3 is 4.74 Å². The molecular weight excluding hydrogens is 243 g/mol. The summed E-state index contributed by atoms with van der Waals surface area (Å²) in [7, 11) is 1.23. The number of methoxy groups -OCH3 is 1. The van der Waals surface area contributed by atoms with Gasteiger partial charge in [0.05, 0.1) is 25.2 Å². The first-order valence-electron chi connectivity index (χ1n) is 4.20. The van der Waals surface area contributed by atoms with Crippen molar-refractivity contribution in [3.05, 3.63) is 28.3 Å². The number of rotatable bonds is 2. The van der Waals surface area contributed by atoms with E-state index >= 15 is 0 Å². The van der Waals surface area contributed by atoms with Crippen molar-refractivity contribution in [2.45, 2.75) is 12.6 Å². The summed E-state index contributed by atoms with van der Waals surface area (Å²) in [4.78, 5) is 0. The standard InChI is InChI=1S/C10H7ClF3NO/c1-16-9-5-6(10(12,13)14)4-8(11)7(9)2-3-15/h4-5H,2H2,1H3. The van der Waals surface area contributed by atoms with Gasteiger partial charge in [-0.2, -0.15) is 18.4 Å². The van der Waals surface area contributed by atoms with Gasteiger partial charge in [-0.25, -0.2) is 0 Å². The SMILES string of the molecule is COc1cc(C(F)(F)F)cc(Cl)c1CC#N. The predicted octanol–water partition coefficient (Wildman–Crippen LogP) is 3.43. The average Bonchev–Trinajstić information content (AvgIpc) is 2.19. The van der Waals surface area contributed by atoms with Crippen molar-refractivity contribution in [3.63, 3.8) is 0 Å². The van der Waals surface area contributed by atoms with Gasteiger partial charge in [0.1, 0.15) is 5.75 Å². The van der Waals surface area contributed by atoms with Crippen LogP contribution in [0.5, 0.6) is 5.75 Å². The van der Waals surface area contributed by atoms with Gasteiger partial charge in [0, 0.05) is 10.6 Å². The molecule has 6 heteroatoms. The molecule has 0 heterocycles. The number of hydrogen-bond donors (Lipinski definition) is 0. The topological polar surface area (TPSA) is 33.0 Å². The molecule has 16 heavy (non-hydrogen) atoms. The zero-order chi connectivity index (χ0) is 12.3. The van der Waals surface area contributed by atoms with Crippen LogP contribution in [-0.2, 0) is 12.6 Å². The Morgan fingerprint density at radius 2 is 2.06 bits per heavy atom. The number of nitrogens with zero attached hydrogens (tertiary/aromatic N) is 1. The molecule has 86 valence electrons. The van der Waals surface area contributed by atoms with E-state index in [1.54, 1.807) is 0 Å². The van der Waals surface area contributed by atoms with Crippen molar-refractivity contribution in [2.75, 3.05) is 7.11 Å². The van der Waals surface area contributed by atoms with Gasteiger partial charge in [0.15, 0.2) is 0 Å². The highest BCUT2D eigenvalue weighted by Crippen LogP contribution is 2.37. The lowest BCUT2D eigenvalue weighted by Gasteiger charge is -2.12. The number of ether oxygens (including phenoxy) is 1. The number of halogens is 4. The summed E-state index contributed by atoms with van der Waals surface area (Å²) >= 11 is 5.67. The van der Waals surface area contributed by atoms with Crippen molar-refractivity contribution < 1.29 is 17.9 Å². The van der Waals surface area contributed by atoms with Crippen molar-refractivity contribution in [1.29, 1.82) is 5.26 Å². The first-order valence-corrected chi connectivity index (χ1v) is 4.58. The minimum absolute atomic E-state index is 0.0265. The summed E-state index contributed by atoms with van der Waals surface area (Å²) < 4.78 is 42.0. The lowest BCUT2D eigenvalue weighted by Crippen LogP contribution is -2.06. The van der Waals surface area contributed by atoms with Crippen LogP contribution in [0, 0.1) is 11.3 Å². The van der Waals surface area contributed by atoms with Gasteiger partial charge in [-0.15, -0.1) is 0 Å². The number of nitriles is 1. The Labute approximate surface area is 95.2 Å². The molecule has 0 amide bonds. The molecule has 0 saturated heterocycles. The third-order valence-corrected chi connectivity index (χ3v) is 2.29. The lowest BCUT2D eigenvalue weighted by molar-refractivity contribution is -0.137. The molecular formula is C10H7ClF3NO. The van der Waals surface area contributed by atoms with E-state index in [0.29, 0.717) is 0 Å². The normalized spacial score (nSPS) is 11.0. The van der Waals surface area contributed by atoms with Gasteiger partial charge in [-0.05, 0) is 12.1 Å². The van der Waals surface area contributed by atoms with Crippen LogP contribution in [0.1, 0.15) is 11.1 Å². The Morgan fingerprint density at radius 1 is 1.44 bits per heavy atom. The molecule has 0 aliphatic rings. The summed E-state index contributed by atoms with van der Waals surface area (Å²) in [6, 6.07) is 3.43. The van der Waals surface area contributed by atoms with Crippen molar-refractivity contribution >= 4 is 11.6 Å². The Hall–Kier alpha value is -1.41. The molecule has 2 nitrogen and oxygen atoms in total. The average molecular weight is 250 g/mol. The molecule has 0 bridgehead atoms. The van der Waals surface area contributed by atoms with E-state index in [4.69, 9.17) is 21.6 Å². The molecule has 0 atom stereocenters. The zero-order valence-electron chi connectivity index (χ0n) is 8.23. The van der Waals surface area contributed by atoms with Crippen molar-refractivity contribution in [1.82, 2.24) is 0 Å². The van der Waals surface area contributed by atoms with Gasteiger partial charge in [0.25, 0.3) is 0 Å². The van der Waals surface area contributed by atoms with Gasteiger partial charge in [-0.3, -0.25) is 0 Å². The van der Waals surface area contributed by atoms with Crippen molar-refractivity contribution in [3.8, 4) is 11.8 Å². The molecule has 0 unspecified atom stereocenters. The maximum absolute atomic E-state index is 12.4. The maximum Gasteiger partial charge on any atom is 0.416 e. The third-order valence-electron chi connectivity index (χ3n) is 1.96. The van der Waals surface area contributed by atoms with E-state index in [9.17, 15) is 13.2 Å². The highest BCUT2D eigenvalue weighted by Gasteiger charge is 2.32. The number of hydrogen-bond acceptors (Lipinski definition) is 2. The molecule has 0 radical (unpaired) electrons. The second kappa shape index (κ2) is 4.62. The maximum atomic E-state index is 12.4. The molecule has 1 aromatic carbocycles. The van der Waals surface area contributed by atoms with Gasteiger partial charge in [0.2, 0.25) is 0 Å². The summed E-state index contributed by atoms with van der Waals surface area (Å²) in [6.07, 6.45) is -4.58. The third kappa shape index (κ3) is 2.58. The summed E-state index contributed by atoms with van der Waals surface area (Å²) in [5.41, 5.74) is -0.629. The first-order chi connectivity index (χ1) is 7.40. The highest BCUT2D eigenvalue weighted by molar-refractivity contribution is 6.31. The monoisotopic (exact) mass is 249 g/mol. The number of alkyl halides is 3. The second-order valence-corrected chi connectivity index (χ2v) is 3.38. The first kappa shape index (κ1) is 12.7. The van der Waals surface area contributed by atoms with Crippen LogP contribution in [0.2, 0.25) is 5.02 Å². The highest BCUT2D eigenvalue weighted by atomic mass is 35.5. The fourth-order valence-corrected chi connectivity index (χ4v) is 1.49. The van der Waals surface area contributed by atoms with Crippen LogP contribution in [0.25, 0.3) is 0 Å². The van der Waals surface area contributed by atoms with E-state index in [1.165, 1.54) is 7.11 Å². The summed E-state index contributed by atoms with van der Waals surface area (Å²) in [6.45, 7) is 0. The van der Waals surface area contributed by atoms with Gasteiger partial charge in [-0.1, -0.05) is 11.6 Å². The predicted molar refractivity (Wildman–Crippen MR) is 52.3 cm³/mol. The fraction of sp³-hybridized carbons (Fsp3) is 0.300. The molecule has 1 rings (SSSR count). The molecule has 0 N–H and O–H groups in total. The summed E-state index contributed by atoms with van der Waals surface area (Å²) in [5, 5.41) is 8.39. The van der Waals surface area contributed by atoms with Gasteiger partial charge >= 0.3 is 6.18 Å². The minimum atomic E-state index is -4.48. The molecule has 0 aliphatic carbocycles. The minimum Gasteiger partial charge on any atom is -0.496 e. The van der Waals surface area contributed by atoms with Crippen LogP contribution in [0.4, 0.5) is 13.2 Å². The van der Waals surface area contributed by atoms with Crippen LogP contribution in [0.3, 0.4) is 0 Å². The second-order valence-electron chi connectivity index (χ2n) is 2.97. The zero-order valence-corrected chi connectivity index (χ0v) is 8.99. The summed E-state index contributed by atoms with van der Waals surface area (Å²) in [5.74, 6) is -0.0265. The van der Waals surface area contributed by atoms with Crippen LogP contribution >= 0.6 is 11.6 Å². The largest absolute Gasteiger partial charge is 0.496 e. The molecule has 0 saturated carbocycles. The van der Waals surface area contributed by atoms with E-state index < -0.39 is 11.7 Å². The lowest BCUT2D eigenvalue weighted by atomic mass is 10.1. The van der Waals surface area contributed by atoms with E-state index in [-0.39, 0.29) is 22.8 Å². The molecule has 0 fully saturated rings. The van der Waals surface area contributed by atoms with E-state index in [0.717, 1.165) is 12.1 Å². The Kier molecular flexibility index (Phi) is 3.66. The Balaban J connectivity index is 3.33. The fourth-order valence-electron chi connectivity index (χ4n) is 1.21. The quantitative estimate of drug-likeness (QED) is 0.804. The van der Waals surface area contributed by atoms with Crippen LogP contribution in [-0.4, -0.2) is 7.11 Å². The van der Waals surface area contributed by atoms with E-state index in [1.807, 2.05) is 6.07 Å². The molecule has 0 spiro atoms. The molecule has 0 aromatic heterocycles. The Morgan fingerprint density at radius 3 is 2.50 bits per heavy atom. The van der Waals surface area contributed by atoms with Crippen LogP contribution < -0.4 is 4.74 Å². The van der Waals surface area contributed by atoms with E-state index in [2.05, 4.69) is 0 Å².